The molecule has 1 heterocycles. The van der Waals surface area contributed by atoms with E-state index in [1.165, 1.54) is 5.56 Å². The summed E-state index contributed by atoms with van der Waals surface area (Å²) in [5, 5.41) is 3.26. The Balaban J connectivity index is 2.29. The Morgan fingerprint density at radius 3 is 2.59 bits per heavy atom. The molecule has 0 unspecified atom stereocenters. The van der Waals surface area contributed by atoms with Crippen LogP contribution in [0, 0.1) is 17.4 Å². The quantitative estimate of drug-likeness (QED) is 0.790. The molecule has 1 aliphatic rings. The van der Waals surface area contributed by atoms with Crippen LogP contribution in [0.2, 0.25) is 0 Å². The van der Waals surface area contributed by atoms with E-state index in [-0.39, 0.29) is 5.91 Å². The smallest absolute Gasteiger partial charge is 0.254 e. The number of rotatable bonds is 1. The third kappa shape index (κ3) is 2.80. The van der Waals surface area contributed by atoms with Crippen molar-refractivity contribution in [1.82, 2.24) is 10.2 Å². The van der Waals surface area contributed by atoms with Crippen molar-refractivity contribution < 1.29 is 4.79 Å². The molecule has 1 aromatic carbocycles. The van der Waals surface area contributed by atoms with Crippen molar-refractivity contribution in [3.63, 3.8) is 0 Å². The van der Waals surface area contributed by atoms with Gasteiger partial charge in [-0.15, -0.1) is 0 Å². The summed E-state index contributed by atoms with van der Waals surface area (Å²) >= 11 is 2.27. The fourth-order valence-electron chi connectivity index (χ4n) is 2.08. The molecule has 0 aliphatic carbocycles. The lowest BCUT2D eigenvalue weighted by atomic mass is 10.0. The molecule has 4 heteroatoms. The van der Waals surface area contributed by atoms with E-state index in [4.69, 9.17) is 0 Å². The minimum atomic E-state index is 0.172. The SMILES string of the molecule is Cc1cc(I)cc(C(=O)N2CCNCC2)c1C. The third-order valence-electron chi connectivity index (χ3n) is 3.27. The van der Waals surface area contributed by atoms with Gasteiger partial charge in [-0.05, 0) is 59.7 Å². The third-order valence-corrected chi connectivity index (χ3v) is 3.89. The number of nitrogens with one attached hydrogen (secondary N) is 1. The van der Waals surface area contributed by atoms with Gasteiger partial charge < -0.3 is 10.2 Å². The first-order valence-corrected chi connectivity index (χ1v) is 6.94. The summed E-state index contributed by atoms with van der Waals surface area (Å²) in [6.45, 7) is 7.50. The van der Waals surface area contributed by atoms with E-state index in [2.05, 4.69) is 40.9 Å². The first-order valence-electron chi connectivity index (χ1n) is 5.86. The Hall–Kier alpha value is -0.620. The second kappa shape index (κ2) is 5.35. The number of benzene rings is 1. The molecule has 1 N–H and O–H groups in total. The molecule has 92 valence electrons. The molecular formula is C13H17IN2O. The van der Waals surface area contributed by atoms with Crippen molar-refractivity contribution in [2.75, 3.05) is 26.2 Å². The summed E-state index contributed by atoms with van der Waals surface area (Å²) in [5.41, 5.74) is 3.15. The van der Waals surface area contributed by atoms with Gasteiger partial charge in [-0.25, -0.2) is 0 Å². The lowest BCUT2D eigenvalue weighted by Gasteiger charge is -2.28. The number of hydrogen-bond acceptors (Lipinski definition) is 2. The molecule has 3 nitrogen and oxygen atoms in total. The van der Waals surface area contributed by atoms with E-state index in [0.717, 1.165) is 40.9 Å². The second-order valence-electron chi connectivity index (χ2n) is 4.44. The van der Waals surface area contributed by atoms with Gasteiger partial charge in [-0.1, -0.05) is 0 Å². The Bertz CT molecular complexity index is 439. The maximum atomic E-state index is 12.4. The number of amides is 1. The van der Waals surface area contributed by atoms with Crippen LogP contribution in [0.3, 0.4) is 0 Å². The summed E-state index contributed by atoms with van der Waals surface area (Å²) in [6, 6.07) is 4.11. The fraction of sp³-hybridized carbons (Fsp3) is 0.462. The highest BCUT2D eigenvalue weighted by Crippen LogP contribution is 2.19. The second-order valence-corrected chi connectivity index (χ2v) is 5.68. The van der Waals surface area contributed by atoms with Crippen LogP contribution in [0.1, 0.15) is 21.5 Å². The molecular weight excluding hydrogens is 327 g/mol. The van der Waals surface area contributed by atoms with Crippen LogP contribution in [0.25, 0.3) is 0 Å². The summed E-state index contributed by atoms with van der Waals surface area (Å²) in [5.74, 6) is 0.172. The zero-order chi connectivity index (χ0) is 12.4. The number of carbonyl (C=O) groups excluding carboxylic acids is 1. The van der Waals surface area contributed by atoms with E-state index in [0.29, 0.717) is 0 Å². The highest BCUT2D eigenvalue weighted by molar-refractivity contribution is 14.1. The van der Waals surface area contributed by atoms with Crippen LogP contribution in [0.15, 0.2) is 12.1 Å². The number of piperazine rings is 1. The van der Waals surface area contributed by atoms with E-state index < -0.39 is 0 Å². The van der Waals surface area contributed by atoms with Gasteiger partial charge in [0.2, 0.25) is 0 Å². The zero-order valence-electron chi connectivity index (χ0n) is 10.2. The Morgan fingerprint density at radius 2 is 1.94 bits per heavy atom. The zero-order valence-corrected chi connectivity index (χ0v) is 12.4. The van der Waals surface area contributed by atoms with Crippen molar-refractivity contribution >= 4 is 28.5 Å². The maximum Gasteiger partial charge on any atom is 0.254 e. The molecule has 0 spiro atoms. The number of aryl methyl sites for hydroxylation is 1. The highest BCUT2D eigenvalue weighted by atomic mass is 127. The molecule has 0 aromatic heterocycles. The Kier molecular flexibility index (Phi) is 4.04. The van der Waals surface area contributed by atoms with Gasteiger partial charge in [0.15, 0.2) is 0 Å². The van der Waals surface area contributed by atoms with Crippen molar-refractivity contribution in [2.24, 2.45) is 0 Å². The van der Waals surface area contributed by atoms with Crippen LogP contribution in [-0.4, -0.2) is 37.0 Å². The Labute approximate surface area is 116 Å². The van der Waals surface area contributed by atoms with Crippen molar-refractivity contribution in [3.05, 3.63) is 32.4 Å². The molecule has 1 amide bonds. The van der Waals surface area contributed by atoms with Gasteiger partial charge in [0, 0.05) is 35.3 Å². The molecule has 0 saturated carbocycles. The van der Waals surface area contributed by atoms with Crippen LogP contribution in [0.4, 0.5) is 0 Å². The molecule has 1 fully saturated rings. The van der Waals surface area contributed by atoms with Crippen molar-refractivity contribution in [2.45, 2.75) is 13.8 Å². The summed E-state index contributed by atoms with van der Waals surface area (Å²) in [7, 11) is 0. The van der Waals surface area contributed by atoms with Crippen LogP contribution in [-0.2, 0) is 0 Å². The van der Waals surface area contributed by atoms with Crippen molar-refractivity contribution in [3.8, 4) is 0 Å². The van der Waals surface area contributed by atoms with Crippen LogP contribution >= 0.6 is 22.6 Å². The topological polar surface area (TPSA) is 32.3 Å². The molecule has 1 aliphatic heterocycles. The molecule has 0 atom stereocenters. The lowest BCUT2D eigenvalue weighted by Crippen LogP contribution is -2.46. The molecule has 1 aromatic rings. The number of halogens is 1. The first-order chi connectivity index (χ1) is 8.09. The molecule has 0 radical (unpaired) electrons. The van der Waals surface area contributed by atoms with Crippen LogP contribution < -0.4 is 5.32 Å². The van der Waals surface area contributed by atoms with Gasteiger partial charge in [-0.3, -0.25) is 4.79 Å². The van der Waals surface area contributed by atoms with Crippen LogP contribution in [0.5, 0.6) is 0 Å². The number of nitrogens with zero attached hydrogens (tertiary/aromatic N) is 1. The predicted octanol–water partition coefficient (Wildman–Crippen LogP) is 1.95. The number of hydrogen-bond donors (Lipinski definition) is 1. The van der Waals surface area contributed by atoms with Gasteiger partial charge in [0.05, 0.1) is 0 Å². The number of carbonyl (C=O) groups is 1. The maximum absolute atomic E-state index is 12.4. The first kappa shape index (κ1) is 12.8. The summed E-state index contributed by atoms with van der Waals surface area (Å²) in [6.07, 6.45) is 0. The van der Waals surface area contributed by atoms with E-state index in [9.17, 15) is 4.79 Å². The fourth-order valence-corrected chi connectivity index (χ4v) is 2.85. The average molecular weight is 344 g/mol. The monoisotopic (exact) mass is 344 g/mol. The normalized spacial score (nSPS) is 16.1. The molecule has 0 bridgehead atoms. The van der Waals surface area contributed by atoms with E-state index >= 15 is 0 Å². The minimum absolute atomic E-state index is 0.172. The minimum Gasteiger partial charge on any atom is -0.336 e. The standard InChI is InChI=1S/C13H17IN2O/c1-9-7-11(14)8-12(10(9)2)13(17)16-5-3-15-4-6-16/h7-8,15H,3-6H2,1-2H3. The average Bonchev–Trinajstić information content (AvgIpc) is 2.34. The predicted molar refractivity (Wildman–Crippen MR) is 77.4 cm³/mol. The Morgan fingerprint density at radius 1 is 1.29 bits per heavy atom. The largest absolute Gasteiger partial charge is 0.336 e. The van der Waals surface area contributed by atoms with E-state index in [1.807, 2.05) is 17.9 Å². The van der Waals surface area contributed by atoms with Gasteiger partial charge >= 0.3 is 0 Å². The summed E-state index contributed by atoms with van der Waals surface area (Å²) < 4.78 is 1.13. The highest BCUT2D eigenvalue weighted by Gasteiger charge is 2.20. The van der Waals surface area contributed by atoms with Gasteiger partial charge in [0.25, 0.3) is 5.91 Å². The molecule has 2 rings (SSSR count). The van der Waals surface area contributed by atoms with Crippen molar-refractivity contribution in [1.29, 1.82) is 0 Å². The lowest BCUT2D eigenvalue weighted by molar-refractivity contribution is 0.0735. The molecule has 1 saturated heterocycles. The summed E-state index contributed by atoms with van der Waals surface area (Å²) in [4.78, 5) is 14.4. The molecule has 17 heavy (non-hydrogen) atoms. The van der Waals surface area contributed by atoms with E-state index in [1.54, 1.807) is 0 Å². The van der Waals surface area contributed by atoms with Gasteiger partial charge in [-0.2, -0.15) is 0 Å². The van der Waals surface area contributed by atoms with Gasteiger partial charge in [0.1, 0.15) is 0 Å².